The molecule has 1 N–H and O–H groups in total. The highest BCUT2D eigenvalue weighted by molar-refractivity contribution is 7.99. The van der Waals surface area contributed by atoms with Gasteiger partial charge in [0.15, 0.2) is 5.11 Å². The van der Waals surface area contributed by atoms with Gasteiger partial charge in [0.05, 0.1) is 10.9 Å². The highest BCUT2D eigenvalue weighted by Gasteiger charge is 2.15. The fourth-order valence-electron chi connectivity index (χ4n) is 1.35. The summed E-state index contributed by atoms with van der Waals surface area (Å²) in [5, 5.41) is 3.81. The monoisotopic (exact) mass is 276 g/mol. The number of halogens is 2. The summed E-state index contributed by atoms with van der Waals surface area (Å²) in [6.45, 7) is 0.950. The number of benzene rings is 1. The van der Waals surface area contributed by atoms with E-state index in [2.05, 4.69) is 10.2 Å². The Labute approximate surface area is 108 Å². The molecule has 0 spiro atoms. The lowest BCUT2D eigenvalue weighted by Crippen LogP contribution is -2.31. The number of thioether (sulfide) groups is 1. The highest BCUT2D eigenvalue weighted by atomic mass is 35.5. The molecule has 1 heterocycles. The molecule has 0 aliphatic carbocycles. The van der Waals surface area contributed by atoms with Crippen molar-refractivity contribution in [1.82, 2.24) is 4.90 Å². The lowest BCUT2D eigenvalue weighted by atomic mass is 10.3. The van der Waals surface area contributed by atoms with Gasteiger partial charge in [-0.1, -0.05) is 11.6 Å². The lowest BCUT2D eigenvalue weighted by Gasteiger charge is -2.18. The van der Waals surface area contributed by atoms with Crippen LogP contribution in [0.2, 0.25) is 5.02 Å². The van der Waals surface area contributed by atoms with Gasteiger partial charge in [0, 0.05) is 18.0 Å². The van der Waals surface area contributed by atoms with Gasteiger partial charge < -0.3 is 10.2 Å². The first kappa shape index (κ1) is 12.0. The molecular weight excluding hydrogens is 267 g/mol. The van der Waals surface area contributed by atoms with Gasteiger partial charge in [-0.2, -0.15) is 0 Å². The molecule has 1 aliphatic rings. The van der Waals surface area contributed by atoms with Gasteiger partial charge in [0.1, 0.15) is 5.82 Å². The van der Waals surface area contributed by atoms with E-state index in [9.17, 15) is 4.39 Å². The van der Waals surface area contributed by atoms with Crippen LogP contribution < -0.4 is 5.32 Å². The average molecular weight is 277 g/mol. The number of nitrogens with zero attached hydrogens (tertiary/aromatic N) is 1. The van der Waals surface area contributed by atoms with Crippen LogP contribution in [0.4, 0.5) is 10.1 Å². The summed E-state index contributed by atoms with van der Waals surface area (Å²) >= 11 is 12.8. The predicted octanol–water partition coefficient (Wildman–Crippen LogP) is 3.18. The Morgan fingerprint density at radius 1 is 1.56 bits per heavy atom. The van der Waals surface area contributed by atoms with Crippen molar-refractivity contribution in [2.24, 2.45) is 0 Å². The maximum absolute atomic E-state index is 12.9. The molecule has 1 aromatic carbocycles. The first-order valence-corrected chi connectivity index (χ1v) is 6.69. The van der Waals surface area contributed by atoms with Crippen molar-refractivity contribution in [1.29, 1.82) is 0 Å². The number of thiocarbonyl (C=S) groups is 1. The van der Waals surface area contributed by atoms with E-state index in [4.69, 9.17) is 23.8 Å². The second kappa shape index (κ2) is 5.21. The van der Waals surface area contributed by atoms with Crippen LogP contribution in [0.1, 0.15) is 0 Å². The van der Waals surface area contributed by atoms with Gasteiger partial charge in [-0.3, -0.25) is 0 Å². The van der Waals surface area contributed by atoms with E-state index in [0.717, 1.165) is 18.2 Å². The minimum Gasteiger partial charge on any atom is -0.339 e. The SMILES string of the molecule is Fc1ccc(NC(=S)N2CCSC2)cc1Cl. The fraction of sp³-hybridized carbons (Fsp3) is 0.300. The van der Waals surface area contributed by atoms with Crippen molar-refractivity contribution in [3.8, 4) is 0 Å². The van der Waals surface area contributed by atoms with Crippen LogP contribution >= 0.6 is 35.6 Å². The number of hydrogen-bond acceptors (Lipinski definition) is 2. The van der Waals surface area contributed by atoms with Crippen molar-refractivity contribution in [3.05, 3.63) is 29.0 Å². The quantitative estimate of drug-likeness (QED) is 0.792. The van der Waals surface area contributed by atoms with Crippen LogP contribution in [0.5, 0.6) is 0 Å². The molecule has 0 amide bonds. The minimum atomic E-state index is -0.421. The molecule has 6 heteroatoms. The van der Waals surface area contributed by atoms with Crippen molar-refractivity contribution >= 4 is 46.4 Å². The zero-order valence-electron chi connectivity index (χ0n) is 8.37. The number of rotatable bonds is 1. The summed E-state index contributed by atoms with van der Waals surface area (Å²) < 4.78 is 12.9. The molecule has 0 bridgehead atoms. The third-order valence-electron chi connectivity index (χ3n) is 2.21. The van der Waals surface area contributed by atoms with Crippen LogP contribution in [0, 0.1) is 5.82 Å². The molecule has 2 rings (SSSR count). The van der Waals surface area contributed by atoms with Crippen molar-refractivity contribution in [3.63, 3.8) is 0 Å². The van der Waals surface area contributed by atoms with E-state index in [1.54, 1.807) is 6.07 Å². The molecule has 0 radical (unpaired) electrons. The van der Waals surface area contributed by atoms with Gasteiger partial charge >= 0.3 is 0 Å². The maximum atomic E-state index is 12.9. The van der Waals surface area contributed by atoms with Gasteiger partial charge in [-0.15, -0.1) is 11.8 Å². The average Bonchev–Trinajstić information content (AvgIpc) is 2.77. The summed E-state index contributed by atoms with van der Waals surface area (Å²) in [5.41, 5.74) is 0.716. The largest absolute Gasteiger partial charge is 0.339 e. The van der Waals surface area contributed by atoms with E-state index < -0.39 is 5.82 Å². The molecule has 0 atom stereocenters. The molecular formula is C10H10ClFN2S2. The van der Waals surface area contributed by atoms with E-state index in [1.165, 1.54) is 12.1 Å². The van der Waals surface area contributed by atoms with Crippen LogP contribution in [0.15, 0.2) is 18.2 Å². The molecule has 0 saturated carbocycles. The summed E-state index contributed by atoms with van der Waals surface area (Å²) in [5.74, 6) is 1.57. The Morgan fingerprint density at radius 3 is 3.00 bits per heavy atom. The maximum Gasteiger partial charge on any atom is 0.174 e. The molecule has 1 aliphatic heterocycles. The minimum absolute atomic E-state index is 0.101. The van der Waals surface area contributed by atoms with E-state index in [1.807, 2.05) is 11.8 Å². The van der Waals surface area contributed by atoms with Crippen LogP contribution in [-0.2, 0) is 0 Å². The molecule has 1 saturated heterocycles. The Balaban J connectivity index is 2.02. The molecule has 86 valence electrons. The van der Waals surface area contributed by atoms with Crippen LogP contribution in [-0.4, -0.2) is 28.2 Å². The Bertz CT molecular complexity index is 408. The van der Waals surface area contributed by atoms with Gasteiger partial charge in [0.2, 0.25) is 0 Å². The van der Waals surface area contributed by atoms with E-state index in [0.29, 0.717) is 10.8 Å². The molecule has 2 nitrogen and oxygen atoms in total. The second-order valence-electron chi connectivity index (χ2n) is 3.36. The first-order chi connectivity index (χ1) is 7.66. The zero-order valence-corrected chi connectivity index (χ0v) is 10.8. The number of nitrogens with one attached hydrogen (secondary N) is 1. The Hall–Kier alpha value is -0.520. The number of anilines is 1. The molecule has 1 aromatic rings. The van der Waals surface area contributed by atoms with Gasteiger partial charge in [-0.25, -0.2) is 4.39 Å². The summed E-state index contributed by atoms with van der Waals surface area (Å²) in [4.78, 5) is 2.07. The third-order valence-corrected chi connectivity index (χ3v) is 3.83. The molecule has 1 fully saturated rings. The van der Waals surface area contributed by atoms with E-state index in [-0.39, 0.29) is 5.02 Å². The zero-order chi connectivity index (χ0) is 11.5. The van der Waals surface area contributed by atoms with Crippen molar-refractivity contribution in [2.45, 2.75) is 0 Å². The Morgan fingerprint density at radius 2 is 2.38 bits per heavy atom. The second-order valence-corrected chi connectivity index (χ2v) is 5.23. The topological polar surface area (TPSA) is 15.3 Å². The van der Waals surface area contributed by atoms with Crippen LogP contribution in [0.25, 0.3) is 0 Å². The first-order valence-electron chi connectivity index (χ1n) is 4.75. The summed E-state index contributed by atoms with van der Waals surface area (Å²) in [7, 11) is 0. The van der Waals surface area contributed by atoms with E-state index >= 15 is 0 Å². The van der Waals surface area contributed by atoms with Gasteiger partial charge in [-0.05, 0) is 30.4 Å². The van der Waals surface area contributed by atoms with Gasteiger partial charge in [0.25, 0.3) is 0 Å². The Kier molecular flexibility index (Phi) is 3.89. The standard InChI is InChI=1S/C10H10ClFN2S2/c11-8-5-7(1-2-9(8)12)13-10(15)14-3-4-16-6-14/h1-2,5H,3-4,6H2,(H,13,15). The fourth-order valence-corrected chi connectivity index (χ4v) is 2.84. The lowest BCUT2D eigenvalue weighted by molar-refractivity contribution is 0.552. The molecule has 16 heavy (non-hydrogen) atoms. The normalized spacial score (nSPS) is 15.2. The summed E-state index contributed by atoms with van der Waals surface area (Å²) in [6, 6.07) is 4.48. The number of hydrogen-bond donors (Lipinski definition) is 1. The molecule has 0 unspecified atom stereocenters. The smallest absolute Gasteiger partial charge is 0.174 e. The van der Waals surface area contributed by atoms with Crippen molar-refractivity contribution < 1.29 is 4.39 Å². The highest BCUT2D eigenvalue weighted by Crippen LogP contribution is 2.21. The van der Waals surface area contributed by atoms with Crippen molar-refractivity contribution in [2.75, 3.05) is 23.5 Å². The summed E-state index contributed by atoms with van der Waals surface area (Å²) in [6.07, 6.45) is 0. The third kappa shape index (κ3) is 2.78. The van der Waals surface area contributed by atoms with Crippen LogP contribution in [0.3, 0.4) is 0 Å². The molecule has 0 aromatic heterocycles. The predicted molar refractivity (Wildman–Crippen MR) is 71.7 cm³/mol.